The van der Waals surface area contributed by atoms with Crippen molar-refractivity contribution in [3.8, 4) is 0 Å². The smallest absolute Gasteiger partial charge is 0.322 e. The van der Waals surface area contributed by atoms with Gasteiger partial charge in [-0.25, -0.2) is 9.78 Å². The van der Waals surface area contributed by atoms with Gasteiger partial charge in [0.05, 0.1) is 12.2 Å². The van der Waals surface area contributed by atoms with Crippen LogP contribution in [0.1, 0.15) is 35.9 Å². The molecule has 0 spiro atoms. The van der Waals surface area contributed by atoms with E-state index in [1.807, 2.05) is 23.9 Å². The summed E-state index contributed by atoms with van der Waals surface area (Å²) in [5, 5.41) is 2.88. The van der Waals surface area contributed by atoms with Crippen LogP contribution in [0, 0.1) is 0 Å². The van der Waals surface area contributed by atoms with Crippen molar-refractivity contribution in [3.05, 3.63) is 46.5 Å². The molecule has 1 N–H and O–H groups in total. The first-order chi connectivity index (χ1) is 11.5. The normalized spacial score (nSPS) is 13.6. The fraction of sp³-hybridized carbons (Fsp3) is 0.353. The van der Waals surface area contributed by atoms with Gasteiger partial charge < -0.3 is 14.8 Å². The second-order valence-electron chi connectivity index (χ2n) is 5.99. The molecule has 0 unspecified atom stereocenters. The topological polar surface area (TPSA) is 67.2 Å². The molecule has 1 aliphatic carbocycles. The van der Waals surface area contributed by atoms with E-state index in [0.29, 0.717) is 17.8 Å². The van der Waals surface area contributed by atoms with E-state index >= 15 is 0 Å². The highest BCUT2D eigenvalue weighted by atomic mass is 79.9. The molecular weight excluding hydrogens is 372 g/mol. The Morgan fingerprint density at radius 2 is 2.17 bits per heavy atom. The second-order valence-corrected chi connectivity index (χ2v) is 6.91. The number of imidazole rings is 1. The number of halogens is 1. The van der Waals surface area contributed by atoms with Gasteiger partial charge in [-0.05, 0) is 38.0 Å². The highest BCUT2D eigenvalue weighted by Crippen LogP contribution is 2.29. The van der Waals surface area contributed by atoms with Crippen LogP contribution in [0.25, 0.3) is 0 Å². The number of benzene rings is 1. The monoisotopic (exact) mass is 390 g/mol. The molecule has 1 aliphatic rings. The minimum atomic E-state index is -0.203. The number of Topliss-reactive ketones (excluding diaryl/α,β-unsaturated/α-hetero) is 1. The van der Waals surface area contributed by atoms with Crippen molar-refractivity contribution < 1.29 is 9.59 Å². The van der Waals surface area contributed by atoms with E-state index < -0.39 is 0 Å². The van der Waals surface area contributed by atoms with E-state index in [1.165, 1.54) is 6.92 Å². The molecule has 1 aromatic heterocycles. The SMILES string of the molecule is CC(=O)c1cc(Br)ccc1NC(=O)N(Cc1nccn1C)C1CC1. The number of rotatable bonds is 5. The summed E-state index contributed by atoms with van der Waals surface area (Å²) in [5.74, 6) is 0.744. The van der Waals surface area contributed by atoms with Crippen molar-refractivity contribution in [2.45, 2.75) is 32.4 Å². The maximum Gasteiger partial charge on any atom is 0.322 e. The van der Waals surface area contributed by atoms with Crippen molar-refractivity contribution in [2.75, 3.05) is 5.32 Å². The fourth-order valence-electron chi connectivity index (χ4n) is 2.56. The molecule has 1 aromatic carbocycles. The molecular formula is C17H19BrN4O2. The molecule has 7 heteroatoms. The van der Waals surface area contributed by atoms with Gasteiger partial charge in [-0.2, -0.15) is 0 Å². The Bertz CT molecular complexity index is 783. The van der Waals surface area contributed by atoms with Gasteiger partial charge in [0.2, 0.25) is 0 Å². The van der Waals surface area contributed by atoms with E-state index in [0.717, 1.165) is 23.1 Å². The van der Waals surface area contributed by atoms with Crippen molar-refractivity contribution in [2.24, 2.45) is 7.05 Å². The molecule has 0 bridgehead atoms. The highest BCUT2D eigenvalue weighted by molar-refractivity contribution is 9.10. The summed E-state index contributed by atoms with van der Waals surface area (Å²) < 4.78 is 2.71. The van der Waals surface area contributed by atoms with Crippen molar-refractivity contribution in [1.29, 1.82) is 0 Å². The standard InChI is InChI=1S/C17H19BrN4O2/c1-11(23)14-9-12(18)3-6-15(14)20-17(24)22(13-4-5-13)10-16-19-7-8-21(16)2/h3,6-9,13H,4-5,10H2,1-2H3,(H,20,24). The second kappa shape index (κ2) is 6.76. The fourth-order valence-corrected chi connectivity index (χ4v) is 2.92. The van der Waals surface area contributed by atoms with Crippen LogP contribution in [0.5, 0.6) is 0 Å². The Hall–Kier alpha value is -2.15. The summed E-state index contributed by atoms with van der Waals surface area (Å²) in [7, 11) is 1.91. The quantitative estimate of drug-likeness (QED) is 0.793. The third-order valence-corrected chi connectivity index (χ3v) is 4.58. The van der Waals surface area contributed by atoms with Gasteiger partial charge in [-0.3, -0.25) is 4.79 Å². The average Bonchev–Trinajstić information content (AvgIpc) is 3.29. The van der Waals surface area contributed by atoms with Crippen LogP contribution in [0.2, 0.25) is 0 Å². The Balaban J connectivity index is 1.79. The van der Waals surface area contributed by atoms with Crippen LogP contribution >= 0.6 is 15.9 Å². The Labute approximate surface area is 149 Å². The number of nitrogens with zero attached hydrogens (tertiary/aromatic N) is 3. The zero-order valence-electron chi connectivity index (χ0n) is 13.6. The van der Waals surface area contributed by atoms with Gasteiger partial charge in [0.1, 0.15) is 5.82 Å². The van der Waals surface area contributed by atoms with E-state index in [4.69, 9.17) is 0 Å². The van der Waals surface area contributed by atoms with E-state index in [9.17, 15) is 9.59 Å². The molecule has 126 valence electrons. The number of anilines is 1. The Morgan fingerprint density at radius 3 is 2.75 bits per heavy atom. The van der Waals surface area contributed by atoms with Crippen LogP contribution in [0.4, 0.5) is 10.5 Å². The summed E-state index contributed by atoms with van der Waals surface area (Å²) in [5.41, 5.74) is 1.02. The lowest BCUT2D eigenvalue weighted by atomic mass is 10.1. The molecule has 24 heavy (non-hydrogen) atoms. The van der Waals surface area contributed by atoms with Gasteiger partial charge in [0.25, 0.3) is 0 Å². The van der Waals surface area contributed by atoms with Crippen molar-refractivity contribution in [3.63, 3.8) is 0 Å². The number of ketones is 1. The van der Waals surface area contributed by atoms with Gasteiger partial charge in [-0.15, -0.1) is 0 Å². The molecule has 1 saturated carbocycles. The largest absolute Gasteiger partial charge is 0.337 e. The third-order valence-electron chi connectivity index (χ3n) is 4.08. The van der Waals surface area contributed by atoms with Gasteiger partial charge >= 0.3 is 6.03 Å². The number of nitrogens with one attached hydrogen (secondary N) is 1. The van der Waals surface area contributed by atoms with Gasteiger partial charge in [-0.1, -0.05) is 15.9 Å². The maximum atomic E-state index is 12.7. The number of aryl methyl sites for hydroxylation is 1. The lowest BCUT2D eigenvalue weighted by Crippen LogP contribution is -2.37. The summed E-state index contributed by atoms with van der Waals surface area (Å²) >= 11 is 3.35. The molecule has 0 aliphatic heterocycles. The average molecular weight is 391 g/mol. The number of carbonyl (C=O) groups excluding carboxylic acids is 2. The highest BCUT2D eigenvalue weighted by Gasteiger charge is 2.33. The lowest BCUT2D eigenvalue weighted by molar-refractivity contribution is 0.101. The third kappa shape index (κ3) is 3.67. The molecule has 0 saturated heterocycles. The minimum Gasteiger partial charge on any atom is -0.337 e. The first kappa shape index (κ1) is 16.7. The van der Waals surface area contributed by atoms with Crippen molar-refractivity contribution in [1.82, 2.24) is 14.5 Å². The summed E-state index contributed by atoms with van der Waals surface area (Å²) in [6, 6.07) is 5.30. The van der Waals surface area contributed by atoms with Gasteiger partial charge in [0, 0.05) is 35.5 Å². The molecule has 2 aromatic rings. The summed E-state index contributed by atoms with van der Waals surface area (Å²) in [6.45, 7) is 1.94. The molecule has 3 rings (SSSR count). The van der Waals surface area contributed by atoms with Crippen molar-refractivity contribution >= 4 is 33.4 Å². The number of urea groups is 1. The molecule has 0 radical (unpaired) electrons. The predicted octanol–water partition coefficient (Wildman–Crippen LogP) is 3.58. The maximum absolute atomic E-state index is 12.7. The van der Waals surface area contributed by atoms with E-state index in [-0.39, 0.29) is 17.9 Å². The molecule has 1 fully saturated rings. The zero-order chi connectivity index (χ0) is 17.3. The number of aromatic nitrogens is 2. The Morgan fingerprint density at radius 1 is 1.42 bits per heavy atom. The molecule has 6 nitrogen and oxygen atoms in total. The summed E-state index contributed by atoms with van der Waals surface area (Å²) in [6.07, 6.45) is 5.58. The van der Waals surface area contributed by atoms with Crippen LogP contribution < -0.4 is 5.32 Å². The van der Waals surface area contributed by atoms with Crippen LogP contribution in [-0.4, -0.2) is 32.3 Å². The lowest BCUT2D eigenvalue weighted by Gasteiger charge is -2.23. The van der Waals surface area contributed by atoms with E-state index in [2.05, 4.69) is 26.2 Å². The number of carbonyl (C=O) groups is 2. The number of amides is 2. The van der Waals surface area contributed by atoms with Crippen LogP contribution in [0.3, 0.4) is 0 Å². The summed E-state index contributed by atoms with van der Waals surface area (Å²) in [4.78, 5) is 30.6. The first-order valence-electron chi connectivity index (χ1n) is 7.80. The first-order valence-corrected chi connectivity index (χ1v) is 8.59. The van der Waals surface area contributed by atoms with Gasteiger partial charge in [0.15, 0.2) is 5.78 Å². The zero-order valence-corrected chi connectivity index (χ0v) is 15.2. The Kier molecular flexibility index (Phi) is 4.71. The van der Waals surface area contributed by atoms with Crippen LogP contribution in [0.15, 0.2) is 35.1 Å². The van der Waals surface area contributed by atoms with Crippen LogP contribution in [-0.2, 0) is 13.6 Å². The van der Waals surface area contributed by atoms with E-state index in [1.54, 1.807) is 23.2 Å². The molecule has 2 amide bonds. The molecule has 0 atom stereocenters. The minimum absolute atomic E-state index is 0.0892. The number of hydrogen-bond donors (Lipinski definition) is 1. The number of hydrogen-bond acceptors (Lipinski definition) is 3. The predicted molar refractivity (Wildman–Crippen MR) is 94.9 cm³/mol. The molecule has 1 heterocycles.